The minimum absolute atomic E-state index is 0.000202. The topological polar surface area (TPSA) is 72.5 Å². The number of hydrogen-bond donors (Lipinski definition) is 2. The van der Waals surface area contributed by atoms with Gasteiger partial charge in [0, 0.05) is 6.04 Å². The van der Waals surface area contributed by atoms with Crippen molar-refractivity contribution < 1.29 is 14.6 Å². The highest BCUT2D eigenvalue weighted by Crippen LogP contribution is 2.31. The molecule has 1 aliphatic rings. The lowest BCUT2D eigenvalue weighted by atomic mass is 9.84. The van der Waals surface area contributed by atoms with Gasteiger partial charge in [0.2, 0.25) is 0 Å². The largest absolute Gasteiger partial charge is 0.493 e. The Kier molecular flexibility index (Phi) is 4.10. The van der Waals surface area contributed by atoms with E-state index in [2.05, 4.69) is 0 Å². The summed E-state index contributed by atoms with van der Waals surface area (Å²) in [5, 5.41) is 9.31. The van der Waals surface area contributed by atoms with Crippen LogP contribution in [0.3, 0.4) is 0 Å². The van der Waals surface area contributed by atoms with Gasteiger partial charge in [0.05, 0.1) is 12.5 Å². The van der Waals surface area contributed by atoms with Gasteiger partial charge in [-0.3, -0.25) is 4.79 Å². The first kappa shape index (κ1) is 13.9. The fourth-order valence-corrected chi connectivity index (χ4v) is 2.65. The average Bonchev–Trinajstić information content (AvgIpc) is 2.37. The molecule has 104 valence electrons. The Morgan fingerprint density at radius 2 is 2.16 bits per heavy atom. The van der Waals surface area contributed by atoms with Crippen LogP contribution in [0, 0.1) is 11.8 Å². The molecule has 0 spiro atoms. The number of carboxylic acids is 1. The first-order valence-electron chi connectivity index (χ1n) is 6.74. The molecule has 3 N–H and O–H groups in total. The van der Waals surface area contributed by atoms with Gasteiger partial charge in [-0.2, -0.15) is 0 Å². The zero-order valence-electron chi connectivity index (χ0n) is 11.4. The minimum Gasteiger partial charge on any atom is -0.493 e. The molecule has 2 unspecified atom stereocenters. The Bertz CT molecular complexity index is 470. The maximum Gasteiger partial charge on any atom is 0.308 e. The molecule has 0 saturated heterocycles. The molecule has 2 rings (SSSR count). The molecule has 1 aliphatic heterocycles. The third kappa shape index (κ3) is 2.89. The summed E-state index contributed by atoms with van der Waals surface area (Å²) in [6.45, 7) is 4.53. The van der Waals surface area contributed by atoms with Gasteiger partial charge in [0.15, 0.2) is 0 Å². The van der Waals surface area contributed by atoms with Gasteiger partial charge in [0.1, 0.15) is 5.75 Å². The standard InChI is InChI=1S/C15H21NO3/c1-9(2)13(15(17)18)14(16)11-5-6-12-10(8-11)4-3-7-19-12/h5-6,8-9,13-14H,3-4,7,16H2,1-2H3,(H,17,18). The van der Waals surface area contributed by atoms with Crippen molar-refractivity contribution in [1.82, 2.24) is 0 Å². The Morgan fingerprint density at radius 3 is 2.79 bits per heavy atom. The smallest absolute Gasteiger partial charge is 0.308 e. The summed E-state index contributed by atoms with van der Waals surface area (Å²) < 4.78 is 5.56. The minimum atomic E-state index is -0.837. The highest BCUT2D eigenvalue weighted by Gasteiger charge is 2.30. The van der Waals surface area contributed by atoms with Crippen LogP contribution in [0.2, 0.25) is 0 Å². The lowest BCUT2D eigenvalue weighted by Gasteiger charge is -2.25. The number of aryl methyl sites for hydroxylation is 1. The molecule has 0 saturated carbocycles. The molecule has 0 radical (unpaired) electrons. The summed E-state index contributed by atoms with van der Waals surface area (Å²) in [5.41, 5.74) is 8.16. The number of fused-ring (bicyclic) bond motifs is 1. The summed E-state index contributed by atoms with van der Waals surface area (Å²) in [5.74, 6) is -0.502. The van der Waals surface area contributed by atoms with Crippen molar-refractivity contribution in [2.45, 2.75) is 32.7 Å². The predicted octanol–water partition coefficient (Wildman–Crippen LogP) is 2.37. The van der Waals surface area contributed by atoms with Gasteiger partial charge < -0.3 is 15.6 Å². The highest BCUT2D eigenvalue weighted by molar-refractivity contribution is 5.71. The van der Waals surface area contributed by atoms with Gasteiger partial charge in [-0.05, 0) is 36.0 Å². The second-order valence-electron chi connectivity index (χ2n) is 5.45. The van der Waals surface area contributed by atoms with Gasteiger partial charge in [0.25, 0.3) is 0 Å². The average molecular weight is 263 g/mol. The summed E-state index contributed by atoms with van der Waals surface area (Å²) >= 11 is 0. The normalized spacial score (nSPS) is 17.5. The highest BCUT2D eigenvalue weighted by atomic mass is 16.5. The molecule has 0 aliphatic carbocycles. The van der Waals surface area contributed by atoms with Crippen molar-refractivity contribution in [1.29, 1.82) is 0 Å². The second kappa shape index (κ2) is 5.61. The van der Waals surface area contributed by atoms with Gasteiger partial charge in [-0.25, -0.2) is 0 Å². The number of carbonyl (C=O) groups is 1. The number of rotatable bonds is 4. The number of ether oxygens (including phenoxy) is 1. The summed E-state index contributed by atoms with van der Waals surface area (Å²) in [6.07, 6.45) is 1.97. The quantitative estimate of drug-likeness (QED) is 0.874. The van der Waals surface area contributed by atoms with E-state index in [0.717, 1.165) is 36.3 Å². The van der Waals surface area contributed by atoms with Crippen LogP contribution in [0.1, 0.15) is 37.4 Å². The Hall–Kier alpha value is -1.55. The molecule has 0 bridgehead atoms. The van der Waals surface area contributed by atoms with E-state index in [-0.39, 0.29) is 5.92 Å². The summed E-state index contributed by atoms with van der Waals surface area (Å²) in [4.78, 5) is 11.3. The zero-order valence-corrected chi connectivity index (χ0v) is 11.4. The molecule has 19 heavy (non-hydrogen) atoms. The molecule has 1 aromatic carbocycles. The van der Waals surface area contributed by atoms with E-state index in [9.17, 15) is 9.90 Å². The molecule has 1 aromatic rings. The monoisotopic (exact) mass is 263 g/mol. The number of benzene rings is 1. The molecular weight excluding hydrogens is 242 g/mol. The van der Waals surface area contributed by atoms with Crippen LogP contribution >= 0.6 is 0 Å². The maximum atomic E-state index is 11.3. The number of aliphatic carboxylic acids is 1. The summed E-state index contributed by atoms with van der Waals surface area (Å²) in [6, 6.07) is 5.30. The fourth-order valence-electron chi connectivity index (χ4n) is 2.65. The molecule has 0 fully saturated rings. The third-order valence-electron chi connectivity index (χ3n) is 3.71. The molecule has 0 amide bonds. The first-order chi connectivity index (χ1) is 9.00. The van der Waals surface area contributed by atoms with E-state index in [1.54, 1.807) is 0 Å². The van der Waals surface area contributed by atoms with Crippen LogP contribution in [0.4, 0.5) is 0 Å². The van der Waals surface area contributed by atoms with E-state index < -0.39 is 17.9 Å². The fraction of sp³-hybridized carbons (Fsp3) is 0.533. The van der Waals surface area contributed by atoms with Crippen molar-refractivity contribution in [2.75, 3.05) is 6.61 Å². The Labute approximate surface area is 113 Å². The number of nitrogens with two attached hydrogens (primary N) is 1. The van der Waals surface area contributed by atoms with Gasteiger partial charge >= 0.3 is 5.97 Å². The Balaban J connectivity index is 2.27. The van der Waals surface area contributed by atoms with E-state index in [0.29, 0.717) is 0 Å². The van der Waals surface area contributed by atoms with Crippen molar-refractivity contribution in [2.24, 2.45) is 17.6 Å². The van der Waals surface area contributed by atoms with Crippen molar-refractivity contribution in [3.05, 3.63) is 29.3 Å². The SMILES string of the molecule is CC(C)C(C(=O)O)C(N)c1ccc2c(c1)CCCO2. The number of hydrogen-bond acceptors (Lipinski definition) is 3. The van der Waals surface area contributed by atoms with Crippen molar-refractivity contribution in [3.63, 3.8) is 0 Å². The van der Waals surface area contributed by atoms with Crippen molar-refractivity contribution >= 4 is 5.97 Å². The van der Waals surface area contributed by atoms with E-state index in [1.165, 1.54) is 0 Å². The molecule has 0 aromatic heterocycles. The van der Waals surface area contributed by atoms with Crippen LogP contribution < -0.4 is 10.5 Å². The third-order valence-corrected chi connectivity index (χ3v) is 3.71. The van der Waals surface area contributed by atoms with Gasteiger partial charge in [-0.1, -0.05) is 26.0 Å². The predicted molar refractivity (Wildman–Crippen MR) is 73.2 cm³/mol. The first-order valence-corrected chi connectivity index (χ1v) is 6.74. The lowest BCUT2D eigenvalue weighted by Crippen LogP contribution is -2.32. The molecule has 1 heterocycles. The summed E-state index contributed by atoms with van der Waals surface area (Å²) in [7, 11) is 0. The molecule has 2 atom stereocenters. The van der Waals surface area contributed by atoms with E-state index >= 15 is 0 Å². The van der Waals surface area contributed by atoms with Crippen LogP contribution in [-0.2, 0) is 11.2 Å². The molecule has 4 heteroatoms. The van der Waals surface area contributed by atoms with E-state index in [1.807, 2.05) is 32.0 Å². The van der Waals surface area contributed by atoms with Crippen LogP contribution in [-0.4, -0.2) is 17.7 Å². The van der Waals surface area contributed by atoms with Crippen LogP contribution in [0.5, 0.6) is 5.75 Å². The second-order valence-corrected chi connectivity index (χ2v) is 5.45. The Morgan fingerprint density at radius 1 is 1.42 bits per heavy atom. The van der Waals surface area contributed by atoms with Crippen LogP contribution in [0.25, 0.3) is 0 Å². The van der Waals surface area contributed by atoms with E-state index in [4.69, 9.17) is 10.5 Å². The van der Waals surface area contributed by atoms with Crippen LogP contribution in [0.15, 0.2) is 18.2 Å². The van der Waals surface area contributed by atoms with Gasteiger partial charge in [-0.15, -0.1) is 0 Å². The number of carboxylic acid groups (broad SMARTS) is 1. The van der Waals surface area contributed by atoms with Crippen molar-refractivity contribution in [3.8, 4) is 5.75 Å². The molecule has 4 nitrogen and oxygen atoms in total. The lowest BCUT2D eigenvalue weighted by molar-refractivity contribution is -0.144. The zero-order chi connectivity index (χ0) is 14.0. The molecular formula is C15H21NO3. The maximum absolute atomic E-state index is 11.3.